The molecule has 1 aliphatic heterocycles. The van der Waals surface area contributed by atoms with Crippen molar-refractivity contribution in [2.24, 2.45) is 0 Å². The topological polar surface area (TPSA) is 97.4 Å². The van der Waals surface area contributed by atoms with Crippen LogP contribution in [0.3, 0.4) is 0 Å². The highest BCUT2D eigenvalue weighted by Crippen LogP contribution is 2.54. The number of carboxylic acids is 1. The summed E-state index contributed by atoms with van der Waals surface area (Å²) in [5, 5.41) is 14.7. The monoisotopic (exact) mass is 486 g/mol. The van der Waals surface area contributed by atoms with Crippen LogP contribution in [-0.2, 0) is 5.41 Å². The van der Waals surface area contributed by atoms with Crippen molar-refractivity contribution in [3.8, 4) is 11.4 Å². The van der Waals surface area contributed by atoms with Crippen molar-refractivity contribution in [2.75, 3.05) is 11.4 Å². The van der Waals surface area contributed by atoms with E-state index >= 15 is 0 Å². The first-order valence-corrected chi connectivity index (χ1v) is 11.5. The van der Waals surface area contributed by atoms with Crippen LogP contribution in [0.4, 0.5) is 5.69 Å². The quantitative estimate of drug-likeness (QED) is 0.469. The van der Waals surface area contributed by atoms with Gasteiger partial charge in [-0.1, -0.05) is 23.7 Å². The number of nitrogens with zero attached hydrogens (tertiary/aromatic N) is 4. The lowest BCUT2D eigenvalue weighted by Gasteiger charge is -2.33. The van der Waals surface area contributed by atoms with E-state index in [0.29, 0.717) is 34.2 Å². The number of pyridine rings is 1. The molecular formula is C26H19ClN4O4. The predicted molar refractivity (Wildman–Crippen MR) is 130 cm³/mol. The molecule has 2 aromatic carbocycles. The summed E-state index contributed by atoms with van der Waals surface area (Å²) in [6.07, 6.45) is 3.22. The smallest absolute Gasteiger partial charge is 0.356 e. The van der Waals surface area contributed by atoms with Crippen molar-refractivity contribution in [1.82, 2.24) is 14.3 Å². The van der Waals surface area contributed by atoms with E-state index in [4.69, 9.17) is 11.6 Å². The summed E-state index contributed by atoms with van der Waals surface area (Å²) in [6, 6.07) is 18.9. The molecule has 1 amide bonds. The van der Waals surface area contributed by atoms with Crippen molar-refractivity contribution in [2.45, 2.75) is 18.3 Å². The van der Waals surface area contributed by atoms with E-state index in [1.165, 1.54) is 15.3 Å². The van der Waals surface area contributed by atoms with Crippen molar-refractivity contribution in [3.63, 3.8) is 0 Å². The van der Waals surface area contributed by atoms with Gasteiger partial charge in [-0.3, -0.25) is 14.2 Å². The largest absolute Gasteiger partial charge is 0.476 e. The van der Waals surface area contributed by atoms with Gasteiger partial charge in [0.25, 0.3) is 11.5 Å². The zero-order valence-electron chi connectivity index (χ0n) is 18.4. The average molecular weight is 487 g/mol. The van der Waals surface area contributed by atoms with Crippen LogP contribution in [0.25, 0.3) is 11.4 Å². The summed E-state index contributed by atoms with van der Waals surface area (Å²) in [6.45, 7) is 0.366. The van der Waals surface area contributed by atoms with Gasteiger partial charge in [-0.2, -0.15) is 5.10 Å². The minimum absolute atomic E-state index is 0.0933. The first-order valence-electron chi connectivity index (χ1n) is 11.1. The van der Waals surface area contributed by atoms with E-state index in [0.717, 1.165) is 12.8 Å². The average Bonchev–Trinajstić information content (AvgIpc) is 3.49. The zero-order valence-corrected chi connectivity index (χ0v) is 19.1. The number of amides is 1. The molecule has 1 fully saturated rings. The summed E-state index contributed by atoms with van der Waals surface area (Å²) in [5.74, 6) is -1.49. The Morgan fingerprint density at radius 1 is 0.943 bits per heavy atom. The number of carboxylic acid groups (broad SMARTS) is 1. The number of carbonyl (C=O) groups excluding carboxylic acids is 1. The van der Waals surface area contributed by atoms with Crippen LogP contribution >= 0.6 is 11.6 Å². The number of benzene rings is 2. The van der Waals surface area contributed by atoms with E-state index in [-0.39, 0.29) is 22.9 Å². The maximum Gasteiger partial charge on any atom is 0.356 e. The van der Waals surface area contributed by atoms with Crippen LogP contribution in [0.2, 0.25) is 5.02 Å². The zero-order chi connectivity index (χ0) is 24.3. The van der Waals surface area contributed by atoms with Crippen LogP contribution in [0.1, 0.15) is 39.4 Å². The first kappa shape index (κ1) is 21.4. The molecule has 1 aliphatic carbocycles. The van der Waals surface area contributed by atoms with Gasteiger partial charge in [-0.15, -0.1) is 0 Å². The number of fused-ring (bicyclic) bond motifs is 2. The lowest BCUT2D eigenvalue weighted by atomic mass is 9.88. The fourth-order valence-electron chi connectivity index (χ4n) is 4.85. The molecule has 1 spiro atoms. The molecular weight excluding hydrogens is 468 g/mol. The van der Waals surface area contributed by atoms with E-state index < -0.39 is 11.4 Å². The summed E-state index contributed by atoms with van der Waals surface area (Å²) in [5.41, 5.74) is 1.91. The molecule has 6 rings (SSSR count). The Labute approximate surface area is 204 Å². The molecule has 0 radical (unpaired) electrons. The van der Waals surface area contributed by atoms with Gasteiger partial charge < -0.3 is 10.0 Å². The molecule has 8 nitrogen and oxygen atoms in total. The molecule has 0 saturated heterocycles. The number of aromatic nitrogens is 3. The van der Waals surface area contributed by atoms with Crippen molar-refractivity contribution in [1.29, 1.82) is 0 Å². The second kappa shape index (κ2) is 7.68. The van der Waals surface area contributed by atoms with Gasteiger partial charge in [-0.25, -0.2) is 9.48 Å². The fraction of sp³-hybridized carbons (Fsp3) is 0.154. The number of rotatable bonds is 4. The molecule has 1 N–H and O–H groups in total. The Balaban J connectivity index is 1.47. The Hall–Kier alpha value is -4.17. The molecule has 0 bridgehead atoms. The Morgan fingerprint density at radius 3 is 2.34 bits per heavy atom. The van der Waals surface area contributed by atoms with Crippen molar-refractivity contribution in [3.05, 3.63) is 105 Å². The lowest BCUT2D eigenvalue weighted by Crippen LogP contribution is -2.44. The standard InChI is InChI=1S/C26H19ClN4O4/c27-16-4-3-5-19(14-16)31-23-21(22(28-31)25(34)35)26(11-12-26)15-30(24(23)33)18-9-7-17(8-10-18)29-13-2-1-6-20(29)32/h1-10,13-14H,11-12,15H2,(H,34,35). The predicted octanol–water partition coefficient (Wildman–Crippen LogP) is 4.07. The van der Waals surface area contributed by atoms with Gasteiger partial charge in [-0.05, 0) is 61.4 Å². The molecule has 3 heterocycles. The first-order chi connectivity index (χ1) is 16.9. The van der Waals surface area contributed by atoms with Gasteiger partial charge in [0.05, 0.1) is 5.69 Å². The molecule has 174 valence electrons. The van der Waals surface area contributed by atoms with E-state index in [9.17, 15) is 19.5 Å². The minimum atomic E-state index is -1.16. The highest BCUT2D eigenvalue weighted by atomic mass is 35.5. The highest BCUT2D eigenvalue weighted by Gasteiger charge is 2.56. The van der Waals surface area contributed by atoms with Crippen LogP contribution in [0, 0.1) is 0 Å². The van der Waals surface area contributed by atoms with Gasteiger partial charge in [0.15, 0.2) is 5.69 Å². The number of hydrogen-bond acceptors (Lipinski definition) is 4. The van der Waals surface area contributed by atoms with Gasteiger partial charge in [0, 0.05) is 46.2 Å². The molecule has 0 atom stereocenters. The number of anilines is 1. The maximum atomic E-state index is 13.8. The number of carbonyl (C=O) groups is 2. The van der Waals surface area contributed by atoms with E-state index in [2.05, 4.69) is 5.10 Å². The molecule has 9 heteroatoms. The molecule has 1 saturated carbocycles. The van der Waals surface area contributed by atoms with E-state index in [1.54, 1.807) is 71.8 Å². The van der Waals surface area contributed by atoms with Gasteiger partial charge in [0.1, 0.15) is 5.69 Å². The summed E-state index contributed by atoms with van der Waals surface area (Å²) < 4.78 is 2.92. The highest BCUT2D eigenvalue weighted by molar-refractivity contribution is 6.30. The summed E-state index contributed by atoms with van der Waals surface area (Å²) in [7, 11) is 0. The third kappa shape index (κ3) is 3.37. The minimum Gasteiger partial charge on any atom is -0.476 e. The summed E-state index contributed by atoms with van der Waals surface area (Å²) >= 11 is 6.18. The number of aromatic carboxylic acids is 1. The third-order valence-corrected chi connectivity index (χ3v) is 6.93. The number of halogens is 1. The Morgan fingerprint density at radius 2 is 1.69 bits per heavy atom. The van der Waals surface area contributed by atoms with Crippen LogP contribution < -0.4 is 10.5 Å². The van der Waals surface area contributed by atoms with Crippen molar-refractivity contribution >= 4 is 29.2 Å². The normalized spacial score (nSPS) is 15.8. The molecule has 35 heavy (non-hydrogen) atoms. The van der Waals surface area contributed by atoms with Gasteiger partial charge in [0.2, 0.25) is 0 Å². The molecule has 4 aromatic rings. The van der Waals surface area contributed by atoms with E-state index in [1.807, 2.05) is 0 Å². The Kier molecular flexibility index (Phi) is 4.69. The summed E-state index contributed by atoms with van der Waals surface area (Å²) in [4.78, 5) is 39.8. The van der Waals surface area contributed by atoms with Crippen molar-refractivity contribution < 1.29 is 14.7 Å². The van der Waals surface area contributed by atoms with Crippen LogP contribution in [0.15, 0.2) is 77.7 Å². The van der Waals surface area contributed by atoms with Crippen LogP contribution in [0.5, 0.6) is 0 Å². The fourth-order valence-corrected chi connectivity index (χ4v) is 5.03. The Bertz CT molecular complexity index is 1570. The second-order valence-electron chi connectivity index (χ2n) is 8.87. The molecule has 2 aliphatic rings. The SMILES string of the molecule is O=C(O)c1nn(-c2cccc(Cl)c2)c2c1C1(CC1)CN(c1ccc(-n3ccccc3=O)cc1)C2=O. The maximum absolute atomic E-state index is 13.8. The lowest BCUT2D eigenvalue weighted by molar-refractivity contribution is 0.0688. The molecule has 2 aromatic heterocycles. The van der Waals surface area contributed by atoms with Gasteiger partial charge >= 0.3 is 5.97 Å². The molecule has 0 unspecified atom stereocenters. The number of hydrogen-bond donors (Lipinski definition) is 1. The third-order valence-electron chi connectivity index (χ3n) is 6.70. The van der Waals surface area contributed by atoms with Crippen LogP contribution in [-0.4, -0.2) is 37.9 Å². The second-order valence-corrected chi connectivity index (χ2v) is 9.30.